The van der Waals surface area contributed by atoms with E-state index in [2.05, 4.69) is 15.3 Å². The Labute approximate surface area is 174 Å². The first-order valence-electron chi connectivity index (χ1n) is 9.66. The molecule has 1 aliphatic rings. The van der Waals surface area contributed by atoms with Gasteiger partial charge in [0.25, 0.3) is 5.91 Å². The second kappa shape index (κ2) is 8.73. The van der Waals surface area contributed by atoms with Gasteiger partial charge in [-0.05, 0) is 51.8 Å². The quantitative estimate of drug-likeness (QED) is 0.775. The van der Waals surface area contributed by atoms with Gasteiger partial charge in [-0.1, -0.05) is 0 Å². The van der Waals surface area contributed by atoms with Crippen LogP contribution in [0.4, 0.5) is 8.78 Å². The summed E-state index contributed by atoms with van der Waals surface area (Å²) in [6.45, 7) is 4.67. The summed E-state index contributed by atoms with van der Waals surface area (Å²) >= 11 is 0. The monoisotopic (exact) mass is 438 g/mol. The van der Waals surface area contributed by atoms with Crippen LogP contribution >= 0.6 is 0 Å². The van der Waals surface area contributed by atoms with Gasteiger partial charge < -0.3 is 5.32 Å². The molecule has 0 spiro atoms. The summed E-state index contributed by atoms with van der Waals surface area (Å²) in [5, 5.41) is 2.01. The molecule has 1 saturated heterocycles. The second-order valence-electron chi connectivity index (χ2n) is 7.58. The van der Waals surface area contributed by atoms with E-state index < -0.39 is 38.9 Å². The van der Waals surface area contributed by atoms with E-state index in [0.717, 1.165) is 12.1 Å². The number of rotatable bonds is 5. The molecule has 0 radical (unpaired) electrons. The summed E-state index contributed by atoms with van der Waals surface area (Å²) in [6.07, 6.45) is 3.82. The summed E-state index contributed by atoms with van der Waals surface area (Å²) in [5.41, 5.74) is 0.0180. The highest BCUT2D eigenvalue weighted by Gasteiger charge is 2.37. The number of carbonyl (C=O) groups excluding carboxylic acids is 1. The smallest absolute Gasteiger partial charge is 0.270 e. The Hall–Kier alpha value is -2.46. The van der Waals surface area contributed by atoms with E-state index in [1.807, 2.05) is 0 Å². The SMILES string of the molecule is CC(NC(=O)c1ccncn1)c1cc(F)c(CN2[C@H](C)CC[C@@H](C)S2(=O)=O)cc1F. The fraction of sp³-hybridized carbons (Fsp3) is 0.450. The molecule has 1 unspecified atom stereocenters. The zero-order chi connectivity index (χ0) is 22.1. The van der Waals surface area contributed by atoms with Crippen LogP contribution in [-0.2, 0) is 16.6 Å². The molecule has 0 saturated carbocycles. The minimum absolute atomic E-state index is 0.0402. The van der Waals surface area contributed by atoms with Gasteiger partial charge >= 0.3 is 0 Å². The van der Waals surface area contributed by atoms with Crippen molar-refractivity contribution in [2.24, 2.45) is 0 Å². The molecule has 1 amide bonds. The molecule has 1 aromatic heterocycles. The number of hydrogen-bond donors (Lipinski definition) is 1. The van der Waals surface area contributed by atoms with Crippen molar-refractivity contribution in [2.45, 2.75) is 57.5 Å². The molecule has 2 heterocycles. The van der Waals surface area contributed by atoms with Gasteiger partial charge in [0.2, 0.25) is 10.0 Å². The molecule has 3 rings (SSSR count). The average molecular weight is 439 g/mol. The van der Waals surface area contributed by atoms with E-state index in [1.165, 1.54) is 29.8 Å². The van der Waals surface area contributed by atoms with E-state index in [0.29, 0.717) is 12.8 Å². The van der Waals surface area contributed by atoms with Gasteiger partial charge in [0.05, 0.1) is 11.3 Å². The topological polar surface area (TPSA) is 92.3 Å². The zero-order valence-corrected chi connectivity index (χ0v) is 17.8. The first-order chi connectivity index (χ1) is 14.1. The number of carbonyl (C=O) groups is 1. The third-order valence-electron chi connectivity index (χ3n) is 5.44. The van der Waals surface area contributed by atoms with Gasteiger partial charge in [0.1, 0.15) is 23.7 Å². The maximum absolute atomic E-state index is 14.8. The molecular weight excluding hydrogens is 414 g/mol. The van der Waals surface area contributed by atoms with E-state index in [9.17, 15) is 22.0 Å². The Morgan fingerprint density at radius 3 is 2.67 bits per heavy atom. The summed E-state index contributed by atoms with van der Waals surface area (Å²) in [4.78, 5) is 19.7. The van der Waals surface area contributed by atoms with Crippen molar-refractivity contribution in [3.8, 4) is 0 Å². The van der Waals surface area contributed by atoms with Crippen molar-refractivity contribution in [2.75, 3.05) is 0 Å². The van der Waals surface area contributed by atoms with Crippen LogP contribution in [0.15, 0.2) is 30.7 Å². The molecule has 10 heteroatoms. The molecule has 7 nitrogen and oxygen atoms in total. The van der Waals surface area contributed by atoms with Crippen LogP contribution in [0.1, 0.15) is 61.3 Å². The van der Waals surface area contributed by atoms with Crippen LogP contribution in [0.5, 0.6) is 0 Å². The predicted octanol–water partition coefficient (Wildman–Crippen LogP) is 2.95. The highest BCUT2D eigenvalue weighted by molar-refractivity contribution is 7.89. The summed E-state index contributed by atoms with van der Waals surface area (Å²) < 4.78 is 56.0. The molecule has 2 aromatic rings. The van der Waals surface area contributed by atoms with E-state index in [1.54, 1.807) is 13.8 Å². The largest absolute Gasteiger partial charge is 0.344 e. The Balaban J connectivity index is 1.80. The first kappa shape index (κ1) is 22.2. The van der Waals surface area contributed by atoms with Crippen LogP contribution in [-0.4, -0.2) is 39.9 Å². The highest BCUT2D eigenvalue weighted by Crippen LogP contribution is 2.29. The number of hydrogen-bond acceptors (Lipinski definition) is 5. The standard InChI is InChI=1S/C20H24F2N4O3S/c1-12-4-5-13(2)30(28,29)26(12)10-15-8-18(22)16(9-17(15)21)14(3)25-20(27)19-6-7-23-11-24-19/h6-9,11-14H,4-5,10H2,1-3H3,(H,25,27)/t12-,13-,14?/m1/s1. The van der Waals surface area contributed by atoms with Gasteiger partial charge in [0, 0.05) is 29.9 Å². The second-order valence-corrected chi connectivity index (χ2v) is 9.89. The normalized spacial score (nSPS) is 22.4. The van der Waals surface area contributed by atoms with Crippen LogP contribution in [0.2, 0.25) is 0 Å². The summed E-state index contributed by atoms with van der Waals surface area (Å²) in [7, 11) is -3.58. The number of sulfonamides is 1. The van der Waals surface area contributed by atoms with Crippen molar-refractivity contribution in [1.29, 1.82) is 0 Å². The van der Waals surface area contributed by atoms with Crippen molar-refractivity contribution in [3.63, 3.8) is 0 Å². The lowest BCUT2D eigenvalue weighted by Crippen LogP contribution is -2.47. The van der Waals surface area contributed by atoms with E-state index >= 15 is 0 Å². The number of amides is 1. The van der Waals surface area contributed by atoms with Crippen LogP contribution < -0.4 is 5.32 Å². The molecule has 0 bridgehead atoms. The maximum atomic E-state index is 14.8. The van der Waals surface area contributed by atoms with Gasteiger partial charge in [0.15, 0.2) is 0 Å². The molecular formula is C20H24F2N4O3S. The number of benzene rings is 1. The zero-order valence-electron chi connectivity index (χ0n) is 17.0. The van der Waals surface area contributed by atoms with E-state index in [4.69, 9.17) is 0 Å². The number of nitrogens with one attached hydrogen (secondary N) is 1. The van der Waals surface area contributed by atoms with E-state index in [-0.39, 0.29) is 29.4 Å². The van der Waals surface area contributed by atoms with Gasteiger partial charge in [-0.25, -0.2) is 27.2 Å². The lowest BCUT2D eigenvalue weighted by atomic mass is 10.0. The third kappa shape index (κ3) is 4.49. The molecule has 162 valence electrons. The van der Waals surface area contributed by atoms with Crippen LogP contribution in [0, 0.1) is 11.6 Å². The molecule has 1 aliphatic heterocycles. The van der Waals surface area contributed by atoms with Crippen molar-refractivity contribution in [3.05, 3.63) is 59.2 Å². The number of nitrogens with zero attached hydrogens (tertiary/aromatic N) is 3. The number of aromatic nitrogens is 2. The Kier molecular flexibility index (Phi) is 6.47. The minimum Gasteiger partial charge on any atom is -0.344 e. The highest BCUT2D eigenvalue weighted by atomic mass is 32.2. The Morgan fingerprint density at radius 1 is 1.27 bits per heavy atom. The summed E-state index contributed by atoms with van der Waals surface area (Å²) in [5.74, 6) is -2.00. The molecule has 0 aliphatic carbocycles. The molecule has 1 fully saturated rings. The van der Waals surface area contributed by atoms with Crippen LogP contribution in [0.25, 0.3) is 0 Å². The summed E-state index contributed by atoms with van der Waals surface area (Å²) in [6, 6.07) is 2.29. The maximum Gasteiger partial charge on any atom is 0.270 e. The lowest BCUT2D eigenvalue weighted by molar-refractivity contribution is 0.0934. The van der Waals surface area contributed by atoms with Gasteiger partial charge in [-0.3, -0.25) is 4.79 Å². The van der Waals surface area contributed by atoms with Crippen molar-refractivity contribution in [1.82, 2.24) is 19.6 Å². The molecule has 1 N–H and O–H groups in total. The molecule has 30 heavy (non-hydrogen) atoms. The Morgan fingerprint density at radius 2 is 2.00 bits per heavy atom. The predicted molar refractivity (Wildman–Crippen MR) is 107 cm³/mol. The third-order valence-corrected chi connectivity index (χ3v) is 7.83. The Bertz CT molecular complexity index is 1030. The number of halogens is 2. The van der Waals surface area contributed by atoms with Crippen LogP contribution in [0.3, 0.4) is 0 Å². The van der Waals surface area contributed by atoms with Gasteiger partial charge in [-0.2, -0.15) is 4.31 Å². The lowest BCUT2D eigenvalue weighted by Gasteiger charge is -2.36. The molecule has 3 atom stereocenters. The molecule has 1 aromatic carbocycles. The first-order valence-corrected chi connectivity index (χ1v) is 11.2. The van der Waals surface area contributed by atoms with Crippen molar-refractivity contribution < 1.29 is 22.0 Å². The average Bonchev–Trinajstić information content (AvgIpc) is 2.71. The fourth-order valence-electron chi connectivity index (χ4n) is 3.49. The van der Waals surface area contributed by atoms with Gasteiger partial charge in [-0.15, -0.1) is 0 Å². The van der Waals surface area contributed by atoms with Crippen molar-refractivity contribution >= 4 is 15.9 Å². The minimum atomic E-state index is -3.58. The fourth-order valence-corrected chi connectivity index (χ4v) is 5.32.